The van der Waals surface area contributed by atoms with Gasteiger partial charge in [0.1, 0.15) is 18.3 Å². The molecule has 0 aliphatic rings. The predicted octanol–water partition coefficient (Wildman–Crippen LogP) is 4.71. The maximum Gasteiger partial charge on any atom is 0.407 e. The lowest BCUT2D eigenvalue weighted by atomic mass is 10.1. The molecule has 0 aliphatic heterocycles. The number of ether oxygens (including phenoxy) is 1. The van der Waals surface area contributed by atoms with E-state index < -0.39 is 29.9 Å². The van der Waals surface area contributed by atoms with Crippen molar-refractivity contribution in [3.8, 4) is 0 Å². The van der Waals surface area contributed by atoms with Crippen LogP contribution in [0.5, 0.6) is 0 Å². The summed E-state index contributed by atoms with van der Waals surface area (Å²) in [6.07, 6.45) is 2.34. The van der Waals surface area contributed by atoms with E-state index >= 15 is 0 Å². The summed E-state index contributed by atoms with van der Waals surface area (Å²) in [5.74, 6) is -2.07. The lowest BCUT2D eigenvalue weighted by molar-refractivity contribution is -0.131. The Morgan fingerprint density at radius 1 is 0.927 bits per heavy atom. The van der Waals surface area contributed by atoms with Crippen molar-refractivity contribution >= 4 is 46.5 Å². The van der Waals surface area contributed by atoms with Crippen LogP contribution in [0.4, 0.5) is 10.5 Å². The van der Waals surface area contributed by atoms with E-state index in [0.717, 1.165) is 22.5 Å². The normalized spacial score (nSPS) is 11.6. The Kier molecular flexibility index (Phi) is 9.87. The molecule has 0 unspecified atom stereocenters. The van der Waals surface area contributed by atoms with Crippen LogP contribution in [0.25, 0.3) is 17.0 Å². The van der Waals surface area contributed by atoms with Gasteiger partial charge in [0.05, 0.1) is 0 Å². The summed E-state index contributed by atoms with van der Waals surface area (Å²) in [6.45, 7) is 0.353. The van der Waals surface area contributed by atoms with Crippen molar-refractivity contribution in [3.63, 3.8) is 0 Å². The van der Waals surface area contributed by atoms with Crippen LogP contribution < -0.4 is 16.0 Å². The van der Waals surface area contributed by atoms with E-state index in [1.165, 1.54) is 6.08 Å². The average Bonchev–Trinajstić information content (AvgIpc) is 3.42. The topological polar surface area (TPSA) is 150 Å². The van der Waals surface area contributed by atoms with Gasteiger partial charge in [-0.05, 0) is 48.2 Å². The Bertz CT molecular complexity index is 1510. The van der Waals surface area contributed by atoms with Crippen LogP contribution >= 0.6 is 0 Å². The molecule has 210 valence electrons. The molecule has 3 aromatic carbocycles. The molecule has 1 heterocycles. The van der Waals surface area contributed by atoms with E-state index in [4.69, 9.17) is 9.84 Å². The third-order valence-corrected chi connectivity index (χ3v) is 6.17. The fourth-order valence-corrected chi connectivity index (χ4v) is 4.11. The number of para-hydroxylation sites is 2. The van der Waals surface area contributed by atoms with Gasteiger partial charge in [0.15, 0.2) is 0 Å². The van der Waals surface area contributed by atoms with Crippen LogP contribution in [0.15, 0.2) is 91.0 Å². The minimum Gasteiger partial charge on any atom is -0.478 e. The number of aliphatic carboxylic acids is 1. The van der Waals surface area contributed by atoms with E-state index in [1.807, 2.05) is 54.6 Å². The third kappa shape index (κ3) is 8.56. The second kappa shape index (κ2) is 14.1. The fourth-order valence-electron chi connectivity index (χ4n) is 4.11. The highest BCUT2D eigenvalue weighted by Crippen LogP contribution is 2.18. The van der Waals surface area contributed by atoms with E-state index in [9.17, 15) is 19.2 Å². The second-order valence-corrected chi connectivity index (χ2v) is 9.18. The quantitative estimate of drug-likeness (QED) is 0.126. The van der Waals surface area contributed by atoms with Gasteiger partial charge in [-0.15, -0.1) is 0 Å². The molecule has 0 saturated heterocycles. The first kappa shape index (κ1) is 28.6. The average molecular weight is 555 g/mol. The smallest absolute Gasteiger partial charge is 0.407 e. The molecule has 0 fully saturated rings. The van der Waals surface area contributed by atoms with Crippen molar-refractivity contribution in [1.29, 1.82) is 0 Å². The van der Waals surface area contributed by atoms with E-state index in [0.29, 0.717) is 23.4 Å². The van der Waals surface area contributed by atoms with E-state index in [2.05, 4.69) is 20.9 Å². The molecular weight excluding hydrogens is 524 g/mol. The monoisotopic (exact) mass is 554 g/mol. The van der Waals surface area contributed by atoms with Crippen LogP contribution in [0, 0.1) is 0 Å². The van der Waals surface area contributed by atoms with Crippen molar-refractivity contribution in [3.05, 3.63) is 108 Å². The van der Waals surface area contributed by atoms with Gasteiger partial charge < -0.3 is 30.8 Å². The van der Waals surface area contributed by atoms with Crippen LogP contribution in [0.2, 0.25) is 0 Å². The van der Waals surface area contributed by atoms with Crippen molar-refractivity contribution < 1.29 is 29.0 Å². The molecule has 0 bridgehead atoms. The lowest BCUT2D eigenvalue weighted by Crippen LogP contribution is -2.44. The summed E-state index contributed by atoms with van der Waals surface area (Å²) < 4.78 is 5.21. The number of rotatable bonds is 12. The molecule has 10 nitrogen and oxygen atoms in total. The van der Waals surface area contributed by atoms with E-state index in [1.54, 1.807) is 30.3 Å². The number of fused-ring (bicyclic) bond motifs is 1. The first-order chi connectivity index (χ1) is 19.9. The maximum absolute atomic E-state index is 13.3. The minimum atomic E-state index is -1.12. The van der Waals surface area contributed by atoms with Crippen LogP contribution in [0.1, 0.15) is 34.5 Å². The molecule has 0 spiro atoms. The number of carboxylic acids is 1. The molecule has 5 N–H and O–H groups in total. The highest BCUT2D eigenvalue weighted by atomic mass is 16.5. The SMILES string of the molecule is O=C(O)C=Cc1ccccc1NC(=O)[C@H](CCCNC(=O)OCc1ccccc1)NC(=O)c1cc2ccccc2[nH]1. The number of aromatic amines is 1. The van der Waals surface area contributed by atoms with Gasteiger partial charge in [0.25, 0.3) is 5.91 Å². The lowest BCUT2D eigenvalue weighted by Gasteiger charge is -2.19. The highest BCUT2D eigenvalue weighted by molar-refractivity contribution is 6.03. The van der Waals surface area contributed by atoms with Gasteiger partial charge >= 0.3 is 12.1 Å². The second-order valence-electron chi connectivity index (χ2n) is 9.18. The molecule has 1 atom stereocenters. The molecule has 4 rings (SSSR count). The number of carbonyl (C=O) groups excluding carboxylic acids is 3. The number of anilines is 1. The number of nitrogens with one attached hydrogen (secondary N) is 4. The van der Waals surface area contributed by atoms with Crippen molar-refractivity contribution in [1.82, 2.24) is 15.6 Å². The number of alkyl carbamates (subject to hydrolysis) is 1. The van der Waals surface area contributed by atoms with Gasteiger partial charge in [0.2, 0.25) is 5.91 Å². The third-order valence-electron chi connectivity index (χ3n) is 6.17. The summed E-state index contributed by atoms with van der Waals surface area (Å²) in [4.78, 5) is 52.6. The first-order valence-electron chi connectivity index (χ1n) is 13.0. The Morgan fingerprint density at radius 3 is 2.44 bits per heavy atom. The Balaban J connectivity index is 1.40. The molecule has 4 aromatic rings. The fraction of sp³-hybridized carbons (Fsp3) is 0.161. The van der Waals surface area contributed by atoms with Gasteiger partial charge in [-0.3, -0.25) is 9.59 Å². The first-order valence-corrected chi connectivity index (χ1v) is 13.0. The minimum absolute atomic E-state index is 0.133. The molecule has 0 saturated carbocycles. The molecular formula is C31H30N4O6. The Hall–Kier alpha value is -5.38. The van der Waals surface area contributed by atoms with Crippen molar-refractivity contribution in [2.45, 2.75) is 25.5 Å². The maximum atomic E-state index is 13.3. The number of hydrogen-bond acceptors (Lipinski definition) is 5. The summed E-state index contributed by atoms with van der Waals surface area (Å²) >= 11 is 0. The van der Waals surface area contributed by atoms with Crippen molar-refractivity contribution in [2.24, 2.45) is 0 Å². The highest BCUT2D eigenvalue weighted by Gasteiger charge is 2.23. The van der Waals surface area contributed by atoms with Crippen molar-refractivity contribution in [2.75, 3.05) is 11.9 Å². The largest absolute Gasteiger partial charge is 0.478 e. The molecule has 10 heteroatoms. The number of amides is 3. The molecule has 0 aliphatic carbocycles. The zero-order chi connectivity index (χ0) is 29.0. The number of carboxylic acid groups (broad SMARTS) is 1. The number of aromatic nitrogens is 1. The van der Waals surface area contributed by atoms with Gasteiger partial charge in [-0.1, -0.05) is 66.7 Å². The molecule has 0 radical (unpaired) electrons. The Morgan fingerprint density at radius 2 is 1.66 bits per heavy atom. The molecule has 3 amide bonds. The van der Waals surface area contributed by atoms with E-state index in [-0.39, 0.29) is 19.6 Å². The number of H-pyrrole nitrogens is 1. The summed E-state index contributed by atoms with van der Waals surface area (Å²) in [6, 6.07) is 24.2. The van der Waals surface area contributed by atoms with Gasteiger partial charge in [-0.25, -0.2) is 9.59 Å². The van der Waals surface area contributed by atoms with Gasteiger partial charge in [0, 0.05) is 29.2 Å². The van der Waals surface area contributed by atoms with Gasteiger partial charge in [-0.2, -0.15) is 0 Å². The summed E-state index contributed by atoms with van der Waals surface area (Å²) in [5.41, 5.74) is 2.83. The Labute approximate surface area is 236 Å². The number of hydrogen-bond donors (Lipinski definition) is 5. The molecule has 1 aromatic heterocycles. The number of carbonyl (C=O) groups is 4. The summed E-state index contributed by atoms with van der Waals surface area (Å²) in [5, 5.41) is 18.1. The van der Waals surface area contributed by atoms with Crippen LogP contribution in [-0.2, 0) is 20.9 Å². The zero-order valence-electron chi connectivity index (χ0n) is 22.1. The van der Waals surface area contributed by atoms with Crippen LogP contribution in [0.3, 0.4) is 0 Å². The zero-order valence-corrected chi connectivity index (χ0v) is 22.1. The number of benzene rings is 3. The van der Waals surface area contributed by atoms with Crippen LogP contribution in [-0.4, -0.2) is 46.6 Å². The predicted molar refractivity (Wildman–Crippen MR) is 155 cm³/mol. The molecule has 41 heavy (non-hydrogen) atoms. The standard InChI is InChI=1S/C31H30N4O6/c36-28(37)17-16-22-11-4-6-13-24(22)34-29(38)26(35-30(39)27-19-23-12-5-7-14-25(23)33-27)15-8-18-32-31(40)41-20-21-9-2-1-3-10-21/h1-7,9-14,16-17,19,26,33H,8,15,18,20H2,(H,32,40)(H,34,38)(H,35,39)(H,36,37)/t26-/m0/s1. The summed E-state index contributed by atoms with van der Waals surface area (Å²) in [7, 11) is 0.